The minimum atomic E-state index is -0.0468. The molecule has 2 heterocycles. The van der Waals surface area contributed by atoms with Crippen molar-refractivity contribution >= 4 is 16.7 Å². The molecule has 1 aliphatic rings. The molecule has 3 rings (SSSR count). The third-order valence-electron chi connectivity index (χ3n) is 4.68. The molecule has 0 saturated carbocycles. The summed E-state index contributed by atoms with van der Waals surface area (Å²) in [6, 6.07) is 7.97. The highest BCUT2D eigenvalue weighted by Crippen LogP contribution is 2.25. The highest BCUT2D eigenvalue weighted by Gasteiger charge is 2.30. The second-order valence-electron chi connectivity index (χ2n) is 6.69. The zero-order chi connectivity index (χ0) is 15.0. The van der Waals surface area contributed by atoms with Crippen LogP contribution in [0.4, 0.5) is 0 Å². The summed E-state index contributed by atoms with van der Waals surface area (Å²) in [7, 11) is 0. The summed E-state index contributed by atoms with van der Waals surface area (Å²) in [5.41, 5.74) is 1.86. The molecule has 1 aliphatic heterocycles. The number of H-pyrrole nitrogens is 1. The van der Waals surface area contributed by atoms with E-state index >= 15 is 0 Å². The molecule has 0 unspecified atom stereocenters. The second kappa shape index (κ2) is 5.64. The molecule has 0 radical (unpaired) electrons. The van der Waals surface area contributed by atoms with Gasteiger partial charge in [0.2, 0.25) is 0 Å². The number of nitrogens with one attached hydrogen (secondary N) is 1. The van der Waals surface area contributed by atoms with Crippen molar-refractivity contribution in [1.29, 1.82) is 0 Å². The van der Waals surface area contributed by atoms with Gasteiger partial charge in [-0.25, -0.2) is 0 Å². The van der Waals surface area contributed by atoms with Crippen molar-refractivity contribution in [2.75, 3.05) is 13.1 Å². The van der Waals surface area contributed by atoms with Gasteiger partial charge in [-0.05, 0) is 31.2 Å². The number of carbonyl (C=O) groups excluding carboxylic acids is 1. The molecule has 21 heavy (non-hydrogen) atoms. The zero-order valence-corrected chi connectivity index (χ0v) is 13.1. The molecular formula is C18H24N2O. The lowest BCUT2D eigenvalue weighted by molar-refractivity contribution is 0.0688. The summed E-state index contributed by atoms with van der Waals surface area (Å²) in [4.78, 5) is 18.4. The fraction of sp³-hybridized carbons (Fsp3) is 0.500. The van der Waals surface area contributed by atoms with E-state index in [1.54, 1.807) is 0 Å². The molecular weight excluding hydrogens is 260 g/mol. The van der Waals surface area contributed by atoms with E-state index in [0.717, 1.165) is 29.6 Å². The molecule has 1 aromatic carbocycles. The fourth-order valence-electron chi connectivity index (χ4n) is 3.69. The van der Waals surface area contributed by atoms with Crippen LogP contribution in [-0.4, -0.2) is 34.8 Å². The Morgan fingerprint density at radius 2 is 1.90 bits per heavy atom. The third-order valence-corrected chi connectivity index (χ3v) is 4.68. The van der Waals surface area contributed by atoms with Gasteiger partial charge in [-0.15, -0.1) is 0 Å². The number of aromatic amines is 1. The number of carbonyl (C=O) groups is 1. The van der Waals surface area contributed by atoms with E-state index in [1.807, 2.05) is 30.5 Å². The number of ketones is 1. The van der Waals surface area contributed by atoms with Gasteiger partial charge in [0.25, 0.3) is 0 Å². The Kier molecular flexibility index (Phi) is 3.85. The normalized spacial score (nSPS) is 25.1. The molecule has 0 aliphatic carbocycles. The summed E-state index contributed by atoms with van der Waals surface area (Å²) in [5.74, 6) is 1.58. The molecule has 112 valence electrons. The van der Waals surface area contributed by atoms with Crippen molar-refractivity contribution < 1.29 is 4.79 Å². The van der Waals surface area contributed by atoms with Crippen LogP contribution in [0.1, 0.15) is 37.6 Å². The number of para-hydroxylation sites is 1. The predicted octanol–water partition coefficient (Wildman–Crippen LogP) is 3.72. The Hall–Kier alpha value is -1.61. The molecule has 1 N–H and O–H groups in total. The van der Waals surface area contributed by atoms with Crippen molar-refractivity contribution in [3.63, 3.8) is 0 Å². The number of piperidine rings is 1. The summed E-state index contributed by atoms with van der Waals surface area (Å²) in [5, 5.41) is 1.03. The van der Waals surface area contributed by atoms with E-state index in [1.165, 1.54) is 6.42 Å². The van der Waals surface area contributed by atoms with E-state index in [4.69, 9.17) is 0 Å². The number of Topliss-reactive ketones (excluding diaryl/α,β-unsaturated/α-hetero) is 1. The first-order chi connectivity index (χ1) is 10.1. The number of benzene rings is 1. The Labute approximate surface area is 126 Å². The summed E-state index contributed by atoms with van der Waals surface area (Å²) in [6.45, 7) is 8.67. The number of hydrogen-bond acceptors (Lipinski definition) is 2. The number of rotatable bonds is 3. The van der Waals surface area contributed by atoms with Gasteiger partial charge in [0.1, 0.15) is 0 Å². The van der Waals surface area contributed by atoms with Gasteiger partial charge in [-0.3, -0.25) is 9.69 Å². The van der Waals surface area contributed by atoms with Gasteiger partial charge in [-0.2, -0.15) is 0 Å². The minimum Gasteiger partial charge on any atom is -0.360 e. The molecule has 1 fully saturated rings. The molecule has 3 nitrogen and oxygen atoms in total. The maximum atomic E-state index is 12.9. The van der Waals surface area contributed by atoms with Crippen LogP contribution in [0.15, 0.2) is 30.5 Å². The fourth-order valence-corrected chi connectivity index (χ4v) is 3.69. The maximum Gasteiger partial charge on any atom is 0.181 e. The van der Waals surface area contributed by atoms with E-state index < -0.39 is 0 Å². The lowest BCUT2D eigenvalue weighted by Gasteiger charge is -2.38. The lowest BCUT2D eigenvalue weighted by atomic mass is 9.90. The number of hydrogen-bond donors (Lipinski definition) is 1. The van der Waals surface area contributed by atoms with Crippen LogP contribution in [0.5, 0.6) is 0 Å². The number of aromatic nitrogens is 1. The summed E-state index contributed by atoms with van der Waals surface area (Å²) >= 11 is 0. The Morgan fingerprint density at radius 1 is 1.24 bits per heavy atom. The molecule has 0 bridgehead atoms. The Morgan fingerprint density at radius 3 is 2.62 bits per heavy atom. The van der Waals surface area contributed by atoms with E-state index in [2.05, 4.69) is 30.7 Å². The zero-order valence-electron chi connectivity index (χ0n) is 13.1. The standard InChI is InChI=1S/C18H24N2O/c1-12-8-13(2)11-20(10-12)14(3)18(21)16-9-19-17-7-5-4-6-15(16)17/h4-7,9,12-14,19H,8,10-11H2,1-3H3/t12-,13+,14-/m0/s1. The number of likely N-dealkylation sites (tertiary alicyclic amines) is 1. The average Bonchev–Trinajstić information content (AvgIpc) is 2.88. The Balaban J connectivity index is 1.84. The van der Waals surface area contributed by atoms with Crippen molar-refractivity contribution in [3.8, 4) is 0 Å². The first-order valence-electron chi connectivity index (χ1n) is 7.90. The number of fused-ring (bicyclic) bond motifs is 1. The van der Waals surface area contributed by atoms with Crippen LogP contribution in [0.25, 0.3) is 10.9 Å². The molecule has 0 amide bonds. The van der Waals surface area contributed by atoms with Gasteiger partial charge in [0, 0.05) is 35.8 Å². The largest absolute Gasteiger partial charge is 0.360 e. The van der Waals surface area contributed by atoms with Gasteiger partial charge < -0.3 is 4.98 Å². The van der Waals surface area contributed by atoms with Gasteiger partial charge in [-0.1, -0.05) is 32.0 Å². The van der Waals surface area contributed by atoms with Crippen LogP contribution in [0.3, 0.4) is 0 Å². The quantitative estimate of drug-likeness (QED) is 0.872. The third kappa shape index (κ3) is 2.75. The van der Waals surface area contributed by atoms with Crippen molar-refractivity contribution in [3.05, 3.63) is 36.0 Å². The van der Waals surface area contributed by atoms with Gasteiger partial charge in [0.05, 0.1) is 6.04 Å². The molecule has 2 aromatic rings. The van der Waals surface area contributed by atoms with Crippen molar-refractivity contribution in [2.45, 2.75) is 33.2 Å². The van der Waals surface area contributed by atoms with Gasteiger partial charge >= 0.3 is 0 Å². The monoisotopic (exact) mass is 284 g/mol. The topological polar surface area (TPSA) is 36.1 Å². The maximum absolute atomic E-state index is 12.9. The summed E-state index contributed by atoms with van der Waals surface area (Å²) < 4.78 is 0. The number of nitrogens with zero attached hydrogens (tertiary/aromatic N) is 1. The average molecular weight is 284 g/mol. The lowest BCUT2D eigenvalue weighted by Crippen LogP contribution is -2.47. The van der Waals surface area contributed by atoms with Crippen LogP contribution in [0, 0.1) is 11.8 Å². The van der Waals surface area contributed by atoms with Crippen LogP contribution in [-0.2, 0) is 0 Å². The first-order valence-corrected chi connectivity index (χ1v) is 7.90. The van der Waals surface area contributed by atoms with Crippen LogP contribution in [0.2, 0.25) is 0 Å². The SMILES string of the molecule is C[C@@H]1C[C@H](C)CN([C@@H](C)C(=O)c2c[nH]c3ccccc23)C1. The molecule has 0 spiro atoms. The van der Waals surface area contributed by atoms with Crippen LogP contribution < -0.4 is 0 Å². The van der Waals surface area contributed by atoms with Crippen LogP contribution >= 0.6 is 0 Å². The molecule has 1 saturated heterocycles. The minimum absolute atomic E-state index is 0.0468. The smallest absolute Gasteiger partial charge is 0.181 e. The van der Waals surface area contributed by atoms with E-state index in [9.17, 15) is 4.79 Å². The predicted molar refractivity (Wildman–Crippen MR) is 86.6 cm³/mol. The van der Waals surface area contributed by atoms with E-state index in [-0.39, 0.29) is 11.8 Å². The second-order valence-corrected chi connectivity index (χ2v) is 6.69. The van der Waals surface area contributed by atoms with Gasteiger partial charge in [0.15, 0.2) is 5.78 Å². The Bertz CT molecular complexity index is 635. The highest BCUT2D eigenvalue weighted by molar-refractivity contribution is 6.10. The van der Waals surface area contributed by atoms with Crippen molar-refractivity contribution in [2.24, 2.45) is 11.8 Å². The van der Waals surface area contributed by atoms with Crippen molar-refractivity contribution in [1.82, 2.24) is 9.88 Å². The van der Waals surface area contributed by atoms with E-state index in [0.29, 0.717) is 11.8 Å². The summed E-state index contributed by atoms with van der Waals surface area (Å²) in [6.07, 6.45) is 3.13. The highest BCUT2D eigenvalue weighted by atomic mass is 16.1. The molecule has 3 heteroatoms. The first kappa shape index (κ1) is 14.3. The molecule has 1 aromatic heterocycles. The molecule has 3 atom stereocenters.